The Kier molecular flexibility index (Phi) is 5.36. The van der Waals surface area contributed by atoms with Gasteiger partial charge in [-0.15, -0.1) is 0 Å². The van der Waals surface area contributed by atoms with E-state index in [9.17, 15) is 14.7 Å². The van der Waals surface area contributed by atoms with Gasteiger partial charge in [0.15, 0.2) is 0 Å². The monoisotopic (exact) mass is 405 g/mol. The molecule has 2 amide bonds. The second-order valence-electron chi connectivity index (χ2n) is 8.89. The quantitative estimate of drug-likeness (QED) is 0.678. The fourth-order valence-electron chi connectivity index (χ4n) is 4.34. The largest absolute Gasteiger partial charge is 0.465 e. The second kappa shape index (κ2) is 7.32. The smallest absolute Gasteiger partial charge is 0.405 e. The van der Waals surface area contributed by atoms with Crippen molar-refractivity contribution in [3.8, 4) is 0 Å². The van der Waals surface area contributed by atoms with E-state index in [0.717, 1.165) is 22.9 Å². The van der Waals surface area contributed by atoms with Crippen LogP contribution in [0.5, 0.6) is 0 Å². The van der Waals surface area contributed by atoms with Crippen LogP contribution in [0.2, 0.25) is 5.02 Å². The Bertz CT molecular complexity index is 915. The molecular formula is C21H28ClN3O3. The normalized spacial score (nSPS) is 21.5. The van der Waals surface area contributed by atoms with Gasteiger partial charge < -0.3 is 20.3 Å². The van der Waals surface area contributed by atoms with Crippen molar-refractivity contribution in [1.82, 2.24) is 15.2 Å². The third-order valence-corrected chi connectivity index (χ3v) is 5.92. The van der Waals surface area contributed by atoms with Crippen molar-refractivity contribution in [3.05, 3.63) is 35.0 Å². The molecule has 1 aromatic heterocycles. The summed E-state index contributed by atoms with van der Waals surface area (Å²) in [5, 5.41) is 16.6. The first-order valence-corrected chi connectivity index (χ1v) is 9.92. The standard InChI is InChI=1S/C21H28ClN3O3/c1-13(26)23-7-8-25-12-16(22)15-6-5-14(9-17(15)25)10-21(24-19(27)28)11-18(21)20(2,3)4/h5-6,9,12,18,24H,7-8,10-11H2,1-4H3,(H,23,26)(H,27,28). The zero-order chi connectivity index (χ0) is 20.7. The van der Waals surface area contributed by atoms with Crippen LogP contribution in [0.15, 0.2) is 24.4 Å². The average molecular weight is 406 g/mol. The molecule has 3 N–H and O–H groups in total. The summed E-state index contributed by atoms with van der Waals surface area (Å²) in [5.41, 5.74) is 1.68. The van der Waals surface area contributed by atoms with E-state index < -0.39 is 11.6 Å². The van der Waals surface area contributed by atoms with Gasteiger partial charge in [0.1, 0.15) is 0 Å². The number of carboxylic acid groups (broad SMARTS) is 1. The van der Waals surface area contributed by atoms with Crippen molar-refractivity contribution in [2.45, 2.75) is 52.6 Å². The van der Waals surface area contributed by atoms with Gasteiger partial charge in [0.2, 0.25) is 5.91 Å². The fourth-order valence-corrected chi connectivity index (χ4v) is 4.61. The number of halogens is 1. The highest BCUT2D eigenvalue weighted by Gasteiger charge is 2.59. The van der Waals surface area contributed by atoms with Crippen LogP contribution >= 0.6 is 11.6 Å². The summed E-state index contributed by atoms with van der Waals surface area (Å²) in [4.78, 5) is 22.5. The van der Waals surface area contributed by atoms with Crippen molar-refractivity contribution in [2.75, 3.05) is 6.54 Å². The molecule has 2 atom stereocenters. The molecule has 1 saturated carbocycles. The molecule has 0 radical (unpaired) electrons. The maximum Gasteiger partial charge on any atom is 0.405 e. The van der Waals surface area contributed by atoms with Gasteiger partial charge in [-0.2, -0.15) is 0 Å². The van der Waals surface area contributed by atoms with Gasteiger partial charge in [-0.05, 0) is 35.8 Å². The molecule has 152 valence electrons. The Morgan fingerprint density at radius 1 is 1.36 bits per heavy atom. The number of carbonyl (C=O) groups excluding carboxylic acids is 1. The van der Waals surface area contributed by atoms with Crippen LogP contribution in [0.4, 0.5) is 4.79 Å². The van der Waals surface area contributed by atoms with E-state index in [4.69, 9.17) is 11.6 Å². The number of hydrogen-bond donors (Lipinski definition) is 3. The average Bonchev–Trinajstić information content (AvgIpc) is 3.17. The van der Waals surface area contributed by atoms with Gasteiger partial charge >= 0.3 is 6.09 Å². The summed E-state index contributed by atoms with van der Waals surface area (Å²) in [6, 6.07) is 6.10. The van der Waals surface area contributed by atoms with Crippen LogP contribution in [0.25, 0.3) is 10.9 Å². The van der Waals surface area contributed by atoms with Crippen LogP contribution in [0.1, 0.15) is 39.7 Å². The highest BCUT2D eigenvalue weighted by molar-refractivity contribution is 6.35. The number of rotatable bonds is 6. The topological polar surface area (TPSA) is 83.4 Å². The molecule has 0 aliphatic heterocycles. The third kappa shape index (κ3) is 4.27. The highest BCUT2D eigenvalue weighted by atomic mass is 35.5. The van der Waals surface area contributed by atoms with Crippen LogP contribution in [-0.2, 0) is 17.8 Å². The van der Waals surface area contributed by atoms with Gasteiger partial charge in [0.25, 0.3) is 0 Å². The molecular weight excluding hydrogens is 378 g/mol. The Balaban J connectivity index is 1.86. The lowest BCUT2D eigenvalue weighted by Crippen LogP contribution is -2.41. The number of amides is 2. The number of nitrogens with zero attached hydrogens (tertiary/aromatic N) is 1. The maximum absolute atomic E-state index is 11.4. The number of hydrogen-bond acceptors (Lipinski definition) is 2. The molecule has 7 heteroatoms. The summed E-state index contributed by atoms with van der Waals surface area (Å²) < 4.78 is 2.03. The number of benzene rings is 1. The lowest BCUT2D eigenvalue weighted by atomic mass is 9.85. The number of fused-ring (bicyclic) bond motifs is 1. The summed E-state index contributed by atoms with van der Waals surface area (Å²) in [7, 11) is 0. The molecule has 1 fully saturated rings. The molecule has 6 nitrogen and oxygen atoms in total. The molecule has 1 aliphatic carbocycles. The summed E-state index contributed by atoms with van der Waals surface area (Å²) in [6.07, 6.45) is 2.38. The van der Waals surface area contributed by atoms with Crippen LogP contribution < -0.4 is 10.6 Å². The predicted molar refractivity (Wildman–Crippen MR) is 111 cm³/mol. The molecule has 28 heavy (non-hydrogen) atoms. The second-order valence-corrected chi connectivity index (χ2v) is 9.30. The minimum Gasteiger partial charge on any atom is -0.465 e. The molecule has 2 unspecified atom stereocenters. The lowest BCUT2D eigenvalue weighted by Gasteiger charge is -2.25. The summed E-state index contributed by atoms with van der Waals surface area (Å²) in [5.74, 6) is 0.230. The van der Waals surface area contributed by atoms with Crippen molar-refractivity contribution in [2.24, 2.45) is 11.3 Å². The van der Waals surface area contributed by atoms with E-state index in [1.165, 1.54) is 6.92 Å². The van der Waals surface area contributed by atoms with Crippen LogP contribution in [0.3, 0.4) is 0 Å². The first-order chi connectivity index (χ1) is 13.0. The summed E-state index contributed by atoms with van der Waals surface area (Å²) >= 11 is 6.37. The van der Waals surface area contributed by atoms with Gasteiger partial charge in [0, 0.05) is 37.1 Å². The van der Waals surface area contributed by atoms with Crippen LogP contribution in [0, 0.1) is 11.3 Å². The number of aromatic nitrogens is 1. The Hall–Kier alpha value is -2.21. The molecule has 2 aromatic rings. The first-order valence-electron chi connectivity index (χ1n) is 9.55. The maximum atomic E-state index is 11.4. The van der Waals surface area contributed by atoms with Gasteiger partial charge in [0.05, 0.1) is 10.6 Å². The molecule has 0 saturated heterocycles. The lowest BCUT2D eigenvalue weighted by molar-refractivity contribution is -0.118. The predicted octanol–water partition coefficient (Wildman–Crippen LogP) is 4.05. The Morgan fingerprint density at radius 3 is 2.64 bits per heavy atom. The van der Waals surface area contributed by atoms with Crippen molar-refractivity contribution in [3.63, 3.8) is 0 Å². The van der Waals surface area contributed by atoms with E-state index in [0.29, 0.717) is 30.5 Å². The van der Waals surface area contributed by atoms with Gasteiger partial charge in [-0.25, -0.2) is 4.79 Å². The highest BCUT2D eigenvalue weighted by Crippen LogP contribution is 2.55. The minimum atomic E-state index is -0.977. The van der Waals surface area contributed by atoms with E-state index in [1.807, 2.05) is 22.9 Å². The Morgan fingerprint density at radius 2 is 2.07 bits per heavy atom. The van der Waals surface area contributed by atoms with Crippen molar-refractivity contribution >= 4 is 34.5 Å². The van der Waals surface area contributed by atoms with E-state index in [1.54, 1.807) is 0 Å². The van der Waals surface area contributed by atoms with Gasteiger partial charge in [-0.3, -0.25) is 4.79 Å². The first kappa shape index (κ1) is 20.5. The zero-order valence-corrected chi connectivity index (χ0v) is 17.6. The van der Waals surface area contributed by atoms with E-state index in [-0.39, 0.29) is 11.3 Å². The zero-order valence-electron chi connectivity index (χ0n) is 16.8. The summed E-state index contributed by atoms with van der Waals surface area (Å²) in [6.45, 7) is 9.10. The van der Waals surface area contributed by atoms with Gasteiger partial charge in [-0.1, -0.05) is 44.5 Å². The third-order valence-electron chi connectivity index (χ3n) is 5.62. The minimum absolute atomic E-state index is 0.0361. The molecule has 0 spiro atoms. The van der Waals surface area contributed by atoms with E-state index >= 15 is 0 Å². The molecule has 1 aromatic carbocycles. The van der Waals surface area contributed by atoms with Crippen LogP contribution in [-0.4, -0.2) is 33.8 Å². The molecule has 1 aliphatic rings. The molecule has 3 rings (SSSR count). The van der Waals surface area contributed by atoms with Crippen molar-refractivity contribution < 1.29 is 14.7 Å². The van der Waals surface area contributed by atoms with E-state index in [2.05, 4.69) is 37.5 Å². The SMILES string of the molecule is CC(=O)NCCn1cc(Cl)c2ccc(CC3(NC(=O)O)CC3C(C)(C)C)cc21. The fraction of sp³-hybridized carbons (Fsp3) is 0.524. The number of nitrogens with one attached hydrogen (secondary N) is 2. The van der Waals surface area contributed by atoms with Crippen molar-refractivity contribution in [1.29, 1.82) is 0 Å². The molecule has 1 heterocycles. The molecule has 0 bridgehead atoms. The Labute approximate surface area is 170 Å². The number of carbonyl (C=O) groups is 2.